The number of likely N-dealkylation sites (N-methyl/N-ethyl adjacent to an activating group) is 1. The number of carbonyl (C=O) groups excluding carboxylic acids is 1. The smallest absolute Gasteiger partial charge is 0.239 e. The zero-order valence-electron chi connectivity index (χ0n) is 10.5. The normalized spacial score (nSPS) is 14.1. The van der Waals surface area contributed by atoms with E-state index < -0.39 is 0 Å². The fourth-order valence-corrected chi connectivity index (χ4v) is 1.53. The van der Waals surface area contributed by atoms with E-state index in [4.69, 9.17) is 10.5 Å². The van der Waals surface area contributed by atoms with Crippen LogP contribution in [0, 0.1) is 0 Å². The van der Waals surface area contributed by atoms with Crippen molar-refractivity contribution in [2.24, 2.45) is 0 Å². The molecule has 0 atom stereocenters. The van der Waals surface area contributed by atoms with E-state index in [1.807, 2.05) is 0 Å². The third-order valence-corrected chi connectivity index (χ3v) is 2.63. The molecule has 3 N–H and O–H groups in total. The molecule has 1 aromatic heterocycles. The predicted octanol–water partition coefficient (Wildman–Crippen LogP) is -0.218. The molecule has 98 valence electrons. The standard InChI is InChI=1S/C11H17N5O2/c1-16(6-9(17)13-7-3-4-7)8-5-10(18-2)15-11(12)14-8/h5,7H,3-4,6H2,1-2H3,(H,13,17)(H2,12,14,15). The fourth-order valence-electron chi connectivity index (χ4n) is 1.53. The van der Waals surface area contributed by atoms with Crippen LogP contribution in [-0.2, 0) is 4.79 Å². The van der Waals surface area contributed by atoms with Gasteiger partial charge < -0.3 is 20.7 Å². The van der Waals surface area contributed by atoms with E-state index in [0.717, 1.165) is 12.8 Å². The van der Waals surface area contributed by atoms with Gasteiger partial charge in [-0.3, -0.25) is 4.79 Å². The van der Waals surface area contributed by atoms with Crippen LogP contribution in [0.2, 0.25) is 0 Å². The van der Waals surface area contributed by atoms with Crippen LogP contribution >= 0.6 is 0 Å². The van der Waals surface area contributed by atoms with E-state index in [-0.39, 0.29) is 18.4 Å². The third kappa shape index (κ3) is 3.22. The van der Waals surface area contributed by atoms with Crippen molar-refractivity contribution < 1.29 is 9.53 Å². The van der Waals surface area contributed by atoms with E-state index in [1.165, 1.54) is 7.11 Å². The number of carbonyl (C=O) groups is 1. The van der Waals surface area contributed by atoms with E-state index in [2.05, 4.69) is 15.3 Å². The van der Waals surface area contributed by atoms with Crippen molar-refractivity contribution in [1.29, 1.82) is 0 Å². The molecule has 7 heteroatoms. The maximum absolute atomic E-state index is 11.7. The average Bonchev–Trinajstić information content (AvgIpc) is 3.11. The molecule has 1 aliphatic rings. The van der Waals surface area contributed by atoms with Gasteiger partial charge in [-0.15, -0.1) is 0 Å². The molecule has 0 aliphatic heterocycles. The molecule has 0 bridgehead atoms. The van der Waals surface area contributed by atoms with Gasteiger partial charge in [0.15, 0.2) is 0 Å². The monoisotopic (exact) mass is 251 g/mol. The molecule has 0 unspecified atom stereocenters. The number of rotatable bonds is 5. The lowest BCUT2D eigenvalue weighted by Crippen LogP contribution is -2.36. The summed E-state index contributed by atoms with van der Waals surface area (Å²) in [7, 11) is 3.28. The molecule has 0 saturated heterocycles. The summed E-state index contributed by atoms with van der Waals surface area (Å²) in [6, 6.07) is 2.00. The van der Waals surface area contributed by atoms with Crippen LogP contribution in [-0.4, -0.2) is 42.6 Å². The number of hydrogen-bond donors (Lipinski definition) is 2. The topological polar surface area (TPSA) is 93.4 Å². The largest absolute Gasteiger partial charge is 0.481 e. The van der Waals surface area contributed by atoms with Crippen molar-refractivity contribution in [1.82, 2.24) is 15.3 Å². The molecule has 0 spiro atoms. The Morgan fingerprint density at radius 3 is 2.94 bits per heavy atom. The highest BCUT2D eigenvalue weighted by atomic mass is 16.5. The van der Waals surface area contributed by atoms with Crippen molar-refractivity contribution in [3.05, 3.63) is 6.07 Å². The summed E-state index contributed by atoms with van der Waals surface area (Å²) < 4.78 is 5.01. The van der Waals surface area contributed by atoms with Gasteiger partial charge in [0.1, 0.15) is 5.82 Å². The van der Waals surface area contributed by atoms with Crippen LogP contribution in [0.3, 0.4) is 0 Å². The van der Waals surface area contributed by atoms with Crippen molar-refractivity contribution in [3.8, 4) is 5.88 Å². The van der Waals surface area contributed by atoms with Gasteiger partial charge in [0.25, 0.3) is 0 Å². The summed E-state index contributed by atoms with van der Waals surface area (Å²) in [6.45, 7) is 0.232. The van der Waals surface area contributed by atoms with Gasteiger partial charge in [-0.05, 0) is 12.8 Å². The quantitative estimate of drug-likeness (QED) is 0.751. The Balaban J connectivity index is 2.00. The van der Waals surface area contributed by atoms with Crippen LogP contribution in [0.1, 0.15) is 12.8 Å². The number of nitrogens with two attached hydrogens (primary N) is 1. The molecule has 1 aliphatic carbocycles. The molecule has 0 radical (unpaired) electrons. The SMILES string of the molecule is COc1cc(N(C)CC(=O)NC2CC2)nc(N)n1. The summed E-state index contributed by atoms with van der Waals surface area (Å²) >= 11 is 0. The number of methoxy groups -OCH3 is 1. The lowest BCUT2D eigenvalue weighted by atomic mass is 10.4. The highest BCUT2D eigenvalue weighted by Gasteiger charge is 2.23. The average molecular weight is 251 g/mol. The first-order valence-corrected chi connectivity index (χ1v) is 5.77. The number of ether oxygens (including phenoxy) is 1. The molecule has 18 heavy (non-hydrogen) atoms. The molecule has 0 aromatic carbocycles. The van der Waals surface area contributed by atoms with Crippen LogP contribution < -0.4 is 20.7 Å². The maximum atomic E-state index is 11.7. The van der Waals surface area contributed by atoms with Gasteiger partial charge in [0.05, 0.1) is 13.7 Å². The van der Waals surface area contributed by atoms with Gasteiger partial charge in [-0.25, -0.2) is 0 Å². The van der Waals surface area contributed by atoms with Crippen LogP contribution in [0.15, 0.2) is 6.07 Å². The van der Waals surface area contributed by atoms with Crippen molar-refractivity contribution >= 4 is 17.7 Å². The first kappa shape index (κ1) is 12.4. The zero-order chi connectivity index (χ0) is 13.1. The van der Waals surface area contributed by atoms with Crippen molar-refractivity contribution in [2.75, 3.05) is 31.3 Å². The summed E-state index contributed by atoms with van der Waals surface area (Å²) in [6.07, 6.45) is 2.15. The minimum absolute atomic E-state index is 0.0175. The van der Waals surface area contributed by atoms with Crippen LogP contribution in [0.5, 0.6) is 5.88 Å². The second-order valence-corrected chi connectivity index (χ2v) is 4.32. The molecular weight excluding hydrogens is 234 g/mol. The Morgan fingerprint density at radius 1 is 1.61 bits per heavy atom. The first-order valence-electron chi connectivity index (χ1n) is 5.77. The molecule has 1 amide bonds. The highest BCUT2D eigenvalue weighted by Crippen LogP contribution is 2.19. The number of aromatic nitrogens is 2. The lowest BCUT2D eigenvalue weighted by Gasteiger charge is -2.18. The summed E-state index contributed by atoms with van der Waals surface area (Å²) in [5.74, 6) is 1.05. The summed E-state index contributed by atoms with van der Waals surface area (Å²) in [5.41, 5.74) is 5.56. The molecule has 1 saturated carbocycles. The minimum Gasteiger partial charge on any atom is -0.481 e. The van der Waals surface area contributed by atoms with Gasteiger partial charge in [0, 0.05) is 19.2 Å². The highest BCUT2D eigenvalue weighted by molar-refractivity contribution is 5.81. The second kappa shape index (κ2) is 5.07. The molecule has 7 nitrogen and oxygen atoms in total. The molecule has 1 aromatic rings. The second-order valence-electron chi connectivity index (χ2n) is 4.32. The minimum atomic E-state index is -0.0175. The number of nitrogen functional groups attached to an aromatic ring is 1. The number of anilines is 2. The Hall–Kier alpha value is -2.05. The number of hydrogen-bond acceptors (Lipinski definition) is 6. The lowest BCUT2D eigenvalue weighted by molar-refractivity contribution is -0.119. The van der Waals surface area contributed by atoms with Crippen molar-refractivity contribution in [2.45, 2.75) is 18.9 Å². The third-order valence-electron chi connectivity index (χ3n) is 2.63. The Labute approximate surface area is 105 Å². The van der Waals surface area contributed by atoms with Gasteiger partial charge >= 0.3 is 0 Å². The van der Waals surface area contributed by atoms with E-state index in [1.54, 1.807) is 18.0 Å². The maximum Gasteiger partial charge on any atom is 0.239 e. The van der Waals surface area contributed by atoms with Gasteiger partial charge in [-0.2, -0.15) is 9.97 Å². The predicted molar refractivity (Wildman–Crippen MR) is 67.4 cm³/mol. The molecular formula is C11H17N5O2. The van der Waals surface area contributed by atoms with Gasteiger partial charge in [-0.1, -0.05) is 0 Å². The van der Waals surface area contributed by atoms with Crippen molar-refractivity contribution in [3.63, 3.8) is 0 Å². The van der Waals surface area contributed by atoms with Crippen LogP contribution in [0.25, 0.3) is 0 Å². The fraction of sp³-hybridized carbons (Fsp3) is 0.545. The Bertz CT molecular complexity index is 447. The number of nitrogens with one attached hydrogen (secondary N) is 1. The van der Waals surface area contributed by atoms with E-state index in [9.17, 15) is 4.79 Å². The Morgan fingerprint density at radius 2 is 2.33 bits per heavy atom. The van der Waals surface area contributed by atoms with E-state index in [0.29, 0.717) is 17.7 Å². The van der Waals surface area contributed by atoms with Gasteiger partial charge in [0.2, 0.25) is 17.7 Å². The number of nitrogens with zero attached hydrogens (tertiary/aromatic N) is 3. The molecule has 1 fully saturated rings. The number of amides is 1. The Kier molecular flexibility index (Phi) is 3.50. The van der Waals surface area contributed by atoms with Crippen LogP contribution in [0.4, 0.5) is 11.8 Å². The first-order chi connectivity index (χ1) is 8.58. The zero-order valence-corrected chi connectivity index (χ0v) is 10.5. The van der Waals surface area contributed by atoms with E-state index >= 15 is 0 Å². The summed E-state index contributed by atoms with van der Waals surface area (Å²) in [4.78, 5) is 21.3. The summed E-state index contributed by atoms with van der Waals surface area (Å²) in [5, 5.41) is 2.91. The molecule has 1 heterocycles. The molecule has 2 rings (SSSR count).